The van der Waals surface area contributed by atoms with Gasteiger partial charge in [-0.2, -0.15) is 0 Å². The number of benzene rings is 1. The summed E-state index contributed by atoms with van der Waals surface area (Å²) in [5.41, 5.74) is 5.50. The van der Waals surface area contributed by atoms with E-state index in [2.05, 4.69) is 15.0 Å². The lowest BCUT2D eigenvalue weighted by Crippen LogP contribution is -2.49. The van der Waals surface area contributed by atoms with E-state index < -0.39 is 35.7 Å². The summed E-state index contributed by atoms with van der Waals surface area (Å²) >= 11 is 0. The van der Waals surface area contributed by atoms with Crippen LogP contribution in [0.4, 0.5) is 5.82 Å². The molecule has 0 aliphatic carbocycles. The summed E-state index contributed by atoms with van der Waals surface area (Å²) in [6.07, 6.45) is -1.43. The normalized spacial score (nSPS) is 26.6. The lowest BCUT2D eigenvalue weighted by molar-refractivity contribution is -0.774. The number of anilines is 1. The molecule has 0 bridgehead atoms. The van der Waals surface area contributed by atoms with E-state index in [9.17, 15) is 20.3 Å². The topological polar surface area (TPSA) is 172 Å². The number of aliphatic hydroxyl groups excluding tert-OH is 2. The van der Waals surface area contributed by atoms with Gasteiger partial charge in [-0.15, -0.1) is 10.1 Å². The van der Waals surface area contributed by atoms with Crippen LogP contribution in [0.25, 0.3) is 11.2 Å². The Hall–Kier alpha value is -3.35. The monoisotopic (exact) mass is 402 g/mol. The number of imidazole rings is 1. The number of nitrogens with two attached hydrogens (primary N) is 1. The Labute approximate surface area is 163 Å². The van der Waals surface area contributed by atoms with Gasteiger partial charge in [-0.1, -0.05) is 30.3 Å². The molecule has 4 atom stereocenters. The van der Waals surface area contributed by atoms with Crippen LogP contribution >= 0.6 is 0 Å². The van der Waals surface area contributed by atoms with Crippen molar-refractivity contribution in [2.24, 2.45) is 0 Å². The number of nitrogen functional groups attached to an aromatic ring is 1. The van der Waals surface area contributed by atoms with Gasteiger partial charge in [-0.3, -0.25) is 4.57 Å². The standard InChI is InChI=1S/C17H18N6O6/c18-15-12-16(20-8-19-15)22(9-21-12)17(6-10-4-2-1-3-5-10)14(29-23(26)27)13(25)11(7-24)28-17/h1-5,8-9,11,13-14,24-25H,6-7H2,(H2,18,19,20)/t11-,13-,14-,17-/m1/s1. The summed E-state index contributed by atoms with van der Waals surface area (Å²) in [6, 6.07) is 9.02. The van der Waals surface area contributed by atoms with Crippen molar-refractivity contribution in [1.82, 2.24) is 19.5 Å². The lowest BCUT2D eigenvalue weighted by Gasteiger charge is -2.35. The first kappa shape index (κ1) is 19.0. The number of hydrogen-bond acceptors (Lipinski definition) is 10. The molecule has 12 nitrogen and oxygen atoms in total. The minimum Gasteiger partial charge on any atom is -0.394 e. The fourth-order valence-electron chi connectivity index (χ4n) is 3.68. The summed E-state index contributed by atoms with van der Waals surface area (Å²) in [4.78, 5) is 28.3. The molecule has 1 aliphatic rings. The third-order valence-electron chi connectivity index (χ3n) is 4.94. The molecule has 12 heteroatoms. The van der Waals surface area contributed by atoms with E-state index in [0.29, 0.717) is 0 Å². The zero-order valence-corrected chi connectivity index (χ0v) is 15.0. The molecule has 152 valence electrons. The van der Waals surface area contributed by atoms with E-state index >= 15 is 0 Å². The molecule has 3 heterocycles. The summed E-state index contributed by atoms with van der Waals surface area (Å²) in [6.45, 7) is -0.570. The lowest BCUT2D eigenvalue weighted by atomic mass is 9.94. The van der Waals surface area contributed by atoms with Gasteiger partial charge in [0.25, 0.3) is 5.09 Å². The van der Waals surface area contributed by atoms with E-state index in [1.54, 1.807) is 24.3 Å². The molecule has 2 aromatic heterocycles. The Morgan fingerprint density at radius 1 is 1.31 bits per heavy atom. The maximum Gasteiger partial charge on any atom is 0.295 e. The molecule has 1 aliphatic heterocycles. The second kappa shape index (κ2) is 7.24. The highest BCUT2D eigenvalue weighted by Gasteiger charge is 2.58. The maximum atomic E-state index is 11.2. The van der Waals surface area contributed by atoms with Crippen molar-refractivity contribution < 1.29 is 24.9 Å². The SMILES string of the molecule is Nc1ncnc2c1ncn2[C@]1(Cc2ccccc2)O[C@H](CO)[C@@H](O)[C@H]1O[N+](=O)[O-]. The molecule has 1 fully saturated rings. The van der Waals surface area contributed by atoms with Crippen LogP contribution in [0, 0.1) is 10.1 Å². The Morgan fingerprint density at radius 3 is 2.76 bits per heavy atom. The minimum absolute atomic E-state index is 0.0648. The minimum atomic E-state index is -1.63. The first-order valence-corrected chi connectivity index (χ1v) is 8.72. The first-order chi connectivity index (χ1) is 14.0. The number of ether oxygens (including phenoxy) is 1. The molecule has 1 aromatic carbocycles. The van der Waals surface area contributed by atoms with Gasteiger partial charge in [0.05, 0.1) is 12.9 Å². The molecule has 3 aromatic rings. The highest BCUT2D eigenvalue weighted by molar-refractivity contribution is 5.81. The van der Waals surface area contributed by atoms with Crippen LogP contribution in [-0.2, 0) is 21.7 Å². The van der Waals surface area contributed by atoms with E-state index in [1.165, 1.54) is 17.2 Å². The van der Waals surface area contributed by atoms with Crippen molar-refractivity contribution in [3.8, 4) is 0 Å². The van der Waals surface area contributed by atoms with Gasteiger partial charge >= 0.3 is 0 Å². The molecule has 29 heavy (non-hydrogen) atoms. The first-order valence-electron chi connectivity index (χ1n) is 8.72. The van der Waals surface area contributed by atoms with Crippen LogP contribution in [0.5, 0.6) is 0 Å². The maximum absolute atomic E-state index is 11.2. The van der Waals surface area contributed by atoms with Crippen LogP contribution in [0.2, 0.25) is 0 Å². The number of rotatable bonds is 6. The second-order valence-electron chi connectivity index (χ2n) is 6.63. The fourth-order valence-corrected chi connectivity index (χ4v) is 3.68. The Balaban J connectivity index is 1.93. The van der Waals surface area contributed by atoms with Crippen LogP contribution in [0.15, 0.2) is 43.0 Å². The molecule has 1 saturated heterocycles. The van der Waals surface area contributed by atoms with E-state index in [-0.39, 0.29) is 23.4 Å². The molecule has 0 radical (unpaired) electrons. The average molecular weight is 402 g/mol. The zero-order chi connectivity index (χ0) is 20.6. The third-order valence-corrected chi connectivity index (χ3v) is 4.94. The zero-order valence-electron chi connectivity index (χ0n) is 15.0. The molecule has 0 spiro atoms. The molecule has 4 N–H and O–H groups in total. The smallest absolute Gasteiger partial charge is 0.295 e. The molecule has 0 amide bonds. The summed E-state index contributed by atoms with van der Waals surface area (Å²) in [7, 11) is 0. The van der Waals surface area contributed by atoms with Gasteiger partial charge in [0.15, 0.2) is 23.3 Å². The number of fused-ring (bicyclic) bond motifs is 1. The molecule has 0 unspecified atom stereocenters. The van der Waals surface area contributed by atoms with Gasteiger partial charge in [0.1, 0.15) is 24.1 Å². The number of aliphatic hydroxyl groups is 2. The van der Waals surface area contributed by atoms with Gasteiger partial charge in [-0.25, -0.2) is 15.0 Å². The van der Waals surface area contributed by atoms with Crippen molar-refractivity contribution in [3.05, 3.63) is 58.7 Å². The Bertz CT molecular complexity index is 1030. The molecular weight excluding hydrogens is 384 g/mol. The quantitative estimate of drug-likeness (QED) is 0.365. The number of nitrogens with zero attached hydrogens (tertiary/aromatic N) is 5. The highest BCUT2D eigenvalue weighted by atomic mass is 17.0. The van der Waals surface area contributed by atoms with Gasteiger partial charge in [0.2, 0.25) is 0 Å². The van der Waals surface area contributed by atoms with Crippen LogP contribution in [0.1, 0.15) is 5.56 Å². The average Bonchev–Trinajstić information content (AvgIpc) is 3.25. The van der Waals surface area contributed by atoms with Gasteiger partial charge in [0, 0.05) is 6.42 Å². The van der Waals surface area contributed by atoms with E-state index in [4.69, 9.17) is 15.3 Å². The Kier molecular flexibility index (Phi) is 4.74. The predicted molar refractivity (Wildman–Crippen MR) is 97.7 cm³/mol. The molecular formula is C17H18N6O6. The second-order valence-corrected chi connectivity index (χ2v) is 6.63. The summed E-state index contributed by atoms with van der Waals surface area (Å²) < 4.78 is 7.44. The largest absolute Gasteiger partial charge is 0.394 e. The van der Waals surface area contributed by atoms with Crippen molar-refractivity contribution in [1.29, 1.82) is 0 Å². The number of hydrogen-bond donors (Lipinski definition) is 3. The summed E-state index contributed by atoms with van der Waals surface area (Å²) in [5, 5.41) is 30.5. The van der Waals surface area contributed by atoms with E-state index in [0.717, 1.165) is 5.56 Å². The molecule has 4 rings (SSSR count). The van der Waals surface area contributed by atoms with Crippen molar-refractivity contribution in [3.63, 3.8) is 0 Å². The Morgan fingerprint density at radius 2 is 2.07 bits per heavy atom. The van der Waals surface area contributed by atoms with Gasteiger partial charge in [-0.05, 0) is 5.56 Å². The third kappa shape index (κ3) is 3.12. The van der Waals surface area contributed by atoms with Crippen LogP contribution < -0.4 is 5.73 Å². The molecule has 0 saturated carbocycles. The highest BCUT2D eigenvalue weighted by Crippen LogP contribution is 2.42. The van der Waals surface area contributed by atoms with Crippen molar-refractivity contribution in [2.45, 2.75) is 30.5 Å². The predicted octanol–water partition coefficient (Wildman–Crippen LogP) is -0.367. The van der Waals surface area contributed by atoms with Crippen LogP contribution in [-0.4, -0.2) is 59.7 Å². The van der Waals surface area contributed by atoms with E-state index in [1.807, 2.05) is 6.07 Å². The number of aromatic nitrogens is 4. The van der Waals surface area contributed by atoms with Crippen molar-refractivity contribution >= 4 is 17.0 Å². The van der Waals surface area contributed by atoms with Crippen LogP contribution in [0.3, 0.4) is 0 Å². The van der Waals surface area contributed by atoms with Gasteiger partial charge < -0.3 is 25.5 Å². The fraction of sp³-hybridized carbons (Fsp3) is 0.353. The summed E-state index contributed by atoms with van der Waals surface area (Å²) in [5.74, 6) is 0.118. The van der Waals surface area contributed by atoms with Crippen molar-refractivity contribution in [2.75, 3.05) is 12.3 Å².